The molecular weight excluding hydrogens is 264 g/mol. The van der Waals surface area contributed by atoms with E-state index >= 15 is 0 Å². The van der Waals surface area contributed by atoms with E-state index in [9.17, 15) is 14.9 Å². The maximum Gasteiger partial charge on any atom is 0.288 e. The summed E-state index contributed by atoms with van der Waals surface area (Å²) < 4.78 is 4.88. The molecule has 20 heavy (non-hydrogen) atoms. The number of pyridine rings is 1. The largest absolute Gasteiger partial charge is 0.472 e. The van der Waals surface area contributed by atoms with Crippen molar-refractivity contribution in [2.75, 3.05) is 12.4 Å². The number of nitrogens with one attached hydrogen (secondary N) is 2. The maximum absolute atomic E-state index is 12.1. The van der Waals surface area contributed by atoms with E-state index in [0.29, 0.717) is 0 Å². The summed E-state index contributed by atoms with van der Waals surface area (Å²) in [5.74, 6) is -0.174. The number of nitrogens with zero attached hydrogens (tertiary/aromatic N) is 2. The van der Waals surface area contributed by atoms with Crippen molar-refractivity contribution in [3.8, 4) is 0 Å². The van der Waals surface area contributed by atoms with Gasteiger partial charge in [-0.05, 0) is 6.07 Å². The van der Waals surface area contributed by atoms with E-state index in [1.807, 2.05) is 0 Å². The van der Waals surface area contributed by atoms with E-state index < -0.39 is 10.8 Å². The predicted molar refractivity (Wildman–Crippen MR) is 70.3 cm³/mol. The molecule has 0 aromatic carbocycles. The van der Waals surface area contributed by atoms with Gasteiger partial charge in [-0.25, -0.2) is 4.98 Å². The molecule has 0 aliphatic carbocycles. The van der Waals surface area contributed by atoms with Crippen molar-refractivity contribution in [3.63, 3.8) is 0 Å². The highest BCUT2D eigenvalue weighted by Gasteiger charge is 2.17. The van der Waals surface area contributed by atoms with Crippen molar-refractivity contribution in [1.82, 2.24) is 10.3 Å². The first-order chi connectivity index (χ1) is 9.61. The van der Waals surface area contributed by atoms with Crippen molar-refractivity contribution in [3.05, 3.63) is 52.1 Å². The van der Waals surface area contributed by atoms with Crippen molar-refractivity contribution < 1.29 is 14.1 Å². The molecule has 0 fully saturated rings. The van der Waals surface area contributed by atoms with Crippen LogP contribution in [0.15, 0.2) is 35.3 Å². The molecule has 2 N–H and O–H groups in total. The topological polar surface area (TPSA) is 110 Å². The molecule has 0 aliphatic heterocycles. The van der Waals surface area contributed by atoms with E-state index in [0.717, 1.165) is 11.8 Å². The fraction of sp³-hybridized carbons (Fsp3) is 0.167. The van der Waals surface area contributed by atoms with Crippen LogP contribution in [0.25, 0.3) is 0 Å². The van der Waals surface area contributed by atoms with Crippen LogP contribution < -0.4 is 10.6 Å². The number of hydrogen-bond acceptors (Lipinski definition) is 6. The van der Waals surface area contributed by atoms with Gasteiger partial charge in [-0.15, -0.1) is 0 Å². The second-order valence-electron chi connectivity index (χ2n) is 3.91. The highest BCUT2D eigenvalue weighted by molar-refractivity contribution is 5.99. The number of furan rings is 1. The molecule has 2 aromatic rings. The average Bonchev–Trinajstić information content (AvgIpc) is 2.97. The summed E-state index contributed by atoms with van der Waals surface area (Å²) in [5.41, 5.74) is 0.672. The lowest BCUT2D eigenvalue weighted by atomic mass is 10.2. The normalized spacial score (nSPS) is 10.1. The van der Waals surface area contributed by atoms with Gasteiger partial charge in [0.1, 0.15) is 12.0 Å². The Bertz CT molecular complexity index is 624. The Kier molecular flexibility index (Phi) is 3.94. The summed E-state index contributed by atoms with van der Waals surface area (Å²) in [4.78, 5) is 26.0. The number of hydrogen-bond donors (Lipinski definition) is 2. The average molecular weight is 276 g/mol. The first-order valence-electron chi connectivity index (χ1n) is 5.73. The van der Waals surface area contributed by atoms with Gasteiger partial charge in [0.05, 0.1) is 23.0 Å². The van der Waals surface area contributed by atoms with Crippen molar-refractivity contribution in [2.45, 2.75) is 6.54 Å². The fourth-order valence-electron chi connectivity index (χ4n) is 1.60. The lowest BCUT2D eigenvalue weighted by Gasteiger charge is -2.08. The van der Waals surface area contributed by atoms with Gasteiger partial charge < -0.3 is 15.1 Å². The van der Waals surface area contributed by atoms with Gasteiger partial charge in [0.2, 0.25) is 0 Å². The van der Waals surface area contributed by atoms with Crippen LogP contribution in [-0.4, -0.2) is 22.9 Å². The van der Waals surface area contributed by atoms with Crippen LogP contribution in [0.1, 0.15) is 15.9 Å². The predicted octanol–water partition coefficient (Wildman–Crippen LogP) is 1.55. The van der Waals surface area contributed by atoms with Gasteiger partial charge in [0.15, 0.2) is 0 Å². The Morgan fingerprint density at radius 3 is 2.95 bits per heavy atom. The summed E-state index contributed by atoms with van der Waals surface area (Å²) in [6.07, 6.45) is 4.10. The van der Waals surface area contributed by atoms with E-state index in [1.54, 1.807) is 13.1 Å². The Hall–Kier alpha value is -2.90. The standard InChI is InChI=1S/C12H12N4O4/c1-13-11-10(4-9(6-14-11)16(18)19)12(17)15-5-8-2-3-20-7-8/h2-4,6-7H,5H2,1H3,(H,13,14)(H,15,17). The highest BCUT2D eigenvalue weighted by Crippen LogP contribution is 2.18. The summed E-state index contributed by atoms with van der Waals surface area (Å²) in [6, 6.07) is 2.90. The third-order valence-electron chi connectivity index (χ3n) is 2.60. The zero-order valence-electron chi connectivity index (χ0n) is 10.6. The molecule has 0 radical (unpaired) electrons. The Balaban J connectivity index is 2.18. The van der Waals surface area contributed by atoms with Gasteiger partial charge in [-0.3, -0.25) is 14.9 Å². The van der Waals surface area contributed by atoms with Gasteiger partial charge >= 0.3 is 0 Å². The fourth-order valence-corrected chi connectivity index (χ4v) is 1.60. The van der Waals surface area contributed by atoms with E-state index in [4.69, 9.17) is 4.42 Å². The molecule has 0 aliphatic rings. The molecule has 0 atom stereocenters. The quantitative estimate of drug-likeness (QED) is 0.633. The number of nitro groups is 1. The molecule has 0 saturated carbocycles. The van der Waals surface area contributed by atoms with Crippen LogP contribution in [0.3, 0.4) is 0 Å². The van der Waals surface area contributed by atoms with Crippen molar-refractivity contribution in [2.24, 2.45) is 0 Å². The molecule has 104 valence electrons. The summed E-state index contributed by atoms with van der Waals surface area (Å²) in [5, 5.41) is 16.1. The van der Waals surface area contributed by atoms with Gasteiger partial charge in [0.25, 0.3) is 11.6 Å². The minimum absolute atomic E-state index is 0.116. The second-order valence-corrected chi connectivity index (χ2v) is 3.91. The molecular formula is C12H12N4O4. The highest BCUT2D eigenvalue weighted by atomic mass is 16.6. The molecule has 0 saturated heterocycles. The third-order valence-corrected chi connectivity index (χ3v) is 2.60. The SMILES string of the molecule is CNc1ncc([N+](=O)[O-])cc1C(=O)NCc1ccoc1. The Labute approximate surface area is 114 Å². The minimum Gasteiger partial charge on any atom is -0.472 e. The number of rotatable bonds is 5. The molecule has 0 unspecified atom stereocenters. The van der Waals surface area contributed by atoms with E-state index in [2.05, 4.69) is 15.6 Å². The van der Waals surface area contributed by atoms with Crippen molar-refractivity contribution >= 4 is 17.4 Å². The smallest absolute Gasteiger partial charge is 0.288 e. The van der Waals surface area contributed by atoms with Crippen LogP contribution in [0.5, 0.6) is 0 Å². The van der Waals surface area contributed by atoms with Crippen LogP contribution >= 0.6 is 0 Å². The van der Waals surface area contributed by atoms with Crippen LogP contribution in [0.4, 0.5) is 11.5 Å². The molecule has 0 bridgehead atoms. The molecule has 1 amide bonds. The summed E-state index contributed by atoms with van der Waals surface area (Å²) in [6.45, 7) is 0.265. The second kappa shape index (κ2) is 5.83. The van der Waals surface area contributed by atoms with Crippen LogP contribution in [0, 0.1) is 10.1 Å². The number of aromatic nitrogens is 1. The van der Waals surface area contributed by atoms with Crippen LogP contribution in [0.2, 0.25) is 0 Å². The molecule has 0 spiro atoms. The van der Waals surface area contributed by atoms with Gasteiger partial charge in [-0.1, -0.05) is 0 Å². The summed E-state index contributed by atoms with van der Waals surface area (Å²) >= 11 is 0. The van der Waals surface area contributed by atoms with E-state index in [-0.39, 0.29) is 23.6 Å². The number of anilines is 1. The molecule has 2 rings (SSSR count). The van der Waals surface area contributed by atoms with E-state index in [1.165, 1.54) is 18.6 Å². The minimum atomic E-state index is -0.598. The van der Waals surface area contributed by atoms with Gasteiger partial charge in [0, 0.05) is 25.2 Å². The number of carbonyl (C=O) groups is 1. The number of carbonyl (C=O) groups excluding carboxylic acids is 1. The molecule has 8 nitrogen and oxygen atoms in total. The third kappa shape index (κ3) is 2.91. The lowest BCUT2D eigenvalue weighted by Crippen LogP contribution is -2.24. The van der Waals surface area contributed by atoms with Crippen LogP contribution in [-0.2, 0) is 6.54 Å². The monoisotopic (exact) mass is 276 g/mol. The first kappa shape index (κ1) is 13.5. The van der Waals surface area contributed by atoms with Crippen molar-refractivity contribution in [1.29, 1.82) is 0 Å². The molecule has 2 heterocycles. The molecule has 2 aromatic heterocycles. The van der Waals surface area contributed by atoms with Gasteiger partial charge in [-0.2, -0.15) is 0 Å². The summed E-state index contributed by atoms with van der Waals surface area (Å²) in [7, 11) is 1.58. The lowest BCUT2D eigenvalue weighted by molar-refractivity contribution is -0.385. The Morgan fingerprint density at radius 1 is 1.55 bits per heavy atom. The zero-order chi connectivity index (χ0) is 14.5. The zero-order valence-corrected chi connectivity index (χ0v) is 10.6. The Morgan fingerprint density at radius 2 is 2.35 bits per heavy atom. The maximum atomic E-state index is 12.1. The first-order valence-corrected chi connectivity index (χ1v) is 5.73. The molecule has 8 heteroatoms. The number of amides is 1.